The first kappa shape index (κ1) is 44.4. The van der Waals surface area contributed by atoms with Crippen molar-refractivity contribution >= 4 is 17.9 Å². The zero-order chi connectivity index (χ0) is 38.8. The Morgan fingerprint density at radius 1 is 0.815 bits per heavy atom. The lowest BCUT2D eigenvalue weighted by Gasteiger charge is -2.46. The second-order valence-corrected chi connectivity index (χ2v) is 16.8. The summed E-state index contributed by atoms with van der Waals surface area (Å²) in [7, 11) is 0. The van der Waals surface area contributed by atoms with Crippen molar-refractivity contribution in [1.29, 1.82) is 0 Å². The smallest absolute Gasteiger partial charge is 0.407 e. The molecule has 0 radical (unpaired) electrons. The molecule has 1 N–H and O–H groups in total. The molecule has 0 saturated carbocycles. The van der Waals surface area contributed by atoms with E-state index in [-0.39, 0.29) is 31.5 Å². The van der Waals surface area contributed by atoms with Gasteiger partial charge >= 0.3 is 6.09 Å². The zero-order valence-electron chi connectivity index (χ0n) is 34.1. The van der Waals surface area contributed by atoms with Crippen molar-refractivity contribution in [2.45, 2.75) is 148 Å². The molecule has 2 aliphatic heterocycles. The predicted molar refractivity (Wildman–Crippen MR) is 218 cm³/mol. The summed E-state index contributed by atoms with van der Waals surface area (Å²) in [6.07, 6.45) is 17.5. The van der Waals surface area contributed by atoms with Gasteiger partial charge in [0, 0.05) is 49.6 Å². The van der Waals surface area contributed by atoms with Gasteiger partial charge in [-0.2, -0.15) is 0 Å². The lowest BCUT2D eigenvalue weighted by Crippen LogP contribution is -2.58. The Kier molecular flexibility index (Phi) is 19.4. The van der Waals surface area contributed by atoms with Crippen molar-refractivity contribution in [2.24, 2.45) is 5.92 Å². The number of unbranched alkanes of at least 4 members (excludes halogenated alkanes) is 4. The van der Waals surface area contributed by atoms with Gasteiger partial charge in [-0.3, -0.25) is 0 Å². The SMILES string of the molecule is CCCCOC[C@H]1O[C@@H](c2cc(CC3=CC4C=CC=CC4S3)ccc2OCCNC(=O)OC(C)(C)C)[C@H](OCCCC)[C@@H](OCCCC)[C@@H]1OCCCC. The van der Waals surface area contributed by atoms with Gasteiger partial charge in [0.25, 0.3) is 0 Å². The normalized spacial score (nSPS) is 25.0. The maximum Gasteiger partial charge on any atom is 0.407 e. The van der Waals surface area contributed by atoms with Crippen molar-refractivity contribution in [3.05, 3.63) is 64.6 Å². The fraction of sp³-hybridized carbons (Fsp3) is 0.705. The van der Waals surface area contributed by atoms with Crippen LogP contribution in [0.3, 0.4) is 0 Å². The molecule has 1 saturated heterocycles. The quantitative estimate of drug-likeness (QED) is 0.103. The number of carbonyl (C=O) groups is 1. The van der Waals surface area contributed by atoms with E-state index in [0.29, 0.717) is 50.0 Å². The van der Waals surface area contributed by atoms with Crippen LogP contribution in [0.4, 0.5) is 4.79 Å². The number of nitrogens with one attached hydrogen (secondary N) is 1. The first-order valence-corrected chi connectivity index (χ1v) is 21.6. The van der Waals surface area contributed by atoms with Gasteiger partial charge in [0.05, 0.1) is 13.2 Å². The van der Waals surface area contributed by atoms with E-state index in [9.17, 15) is 4.79 Å². The molecule has 0 spiro atoms. The molecule has 1 aromatic rings. The Labute approximate surface area is 330 Å². The van der Waals surface area contributed by atoms with Crippen molar-refractivity contribution in [1.82, 2.24) is 5.32 Å². The summed E-state index contributed by atoms with van der Waals surface area (Å²) in [6.45, 7) is 17.6. The minimum atomic E-state index is -0.582. The van der Waals surface area contributed by atoms with E-state index < -0.39 is 23.9 Å². The van der Waals surface area contributed by atoms with Gasteiger partial charge in [-0.1, -0.05) is 89.8 Å². The van der Waals surface area contributed by atoms with E-state index in [0.717, 1.165) is 63.4 Å². The summed E-state index contributed by atoms with van der Waals surface area (Å²) in [5.74, 6) is 1.11. The van der Waals surface area contributed by atoms with Gasteiger partial charge < -0.3 is 38.5 Å². The number of fused-ring (bicyclic) bond motifs is 1. The molecule has 0 bridgehead atoms. The van der Waals surface area contributed by atoms with Crippen LogP contribution in [0.15, 0.2) is 53.5 Å². The molecule has 1 aliphatic carbocycles. The van der Waals surface area contributed by atoms with Gasteiger partial charge in [-0.25, -0.2) is 4.79 Å². The topological polar surface area (TPSA) is 93.7 Å². The Morgan fingerprint density at radius 2 is 1.46 bits per heavy atom. The molecule has 54 heavy (non-hydrogen) atoms. The highest BCUT2D eigenvalue weighted by atomic mass is 32.2. The van der Waals surface area contributed by atoms with Crippen LogP contribution in [0, 0.1) is 5.92 Å². The van der Waals surface area contributed by atoms with E-state index in [1.807, 2.05) is 38.6 Å². The third-order valence-electron chi connectivity index (χ3n) is 9.56. The van der Waals surface area contributed by atoms with Crippen LogP contribution in [0.1, 0.15) is 117 Å². The van der Waals surface area contributed by atoms with Gasteiger partial charge in [0.1, 0.15) is 48.5 Å². The van der Waals surface area contributed by atoms with Gasteiger partial charge in [-0.05, 0) is 69.1 Å². The number of hydrogen-bond donors (Lipinski definition) is 1. The molecule has 1 aromatic carbocycles. The average molecular weight is 772 g/mol. The van der Waals surface area contributed by atoms with E-state index in [2.05, 4.69) is 75.5 Å². The van der Waals surface area contributed by atoms with Crippen molar-refractivity contribution in [3.63, 3.8) is 0 Å². The minimum absolute atomic E-state index is 0.255. The summed E-state index contributed by atoms with van der Waals surface area (Å²) in [4.78, 5) is 13.8. The standard InChI is InChI=1S/C44H69NO8S/c1-8-12-23-47-31-37-40(49-24-13-9-2)42(51-26-15-11-4)41(50-25-14-10-3)39(52-37)35-29-32(28-34-30-33-18-16-17-19-38(33)54-34)20-21-36(35)48-27-22-45-43(46)53-44(5,6)7/h16-21,29-30,33,37-42H,8-15,22-28,31H2,1-7H3,(H,45,46)/t33?,37-,38?,39+,40-,41+,42+/m1/s1. The maximum atomic E-state index is 12.4. The third-order valence-corrected chi connectivity index (χ3v) is 10.9. The Hall–Kier alpha value is -2.34. The number of alkyl carbamates (subject to hydrolysis) is 1. The van der Waals surface area contributed by atoms with Crippen LogP contribution in [-0.4, -0.2) is 87.5 Å². The molecule has 7 atom stereocenters. The Balaban J connectivity index is 1.70. The van der Waals surface area contributed by atoms with Crippen LogP contribution in [0.5, 0.6) is 5.75 Å². The number of thioether (sulfide) groups is 1. The summed E-state index contributed by atoms with van der Waals surface area (Å²) >= 11 is 1.94. The summed E-state index contributed by atoms with van der Waals surface area (Å²) < 4.78 is 45.6. The summed E-state index contributed by atoms with van der Waals surface area (Å²) in [5.41, 5.74) is 1.49. The average Bonchev–Trinajstić information content (AvgIpc) is 3.55. The molecular weight excluding hydrogens is 703 g/mol. The second kappa shape index (κ2) is 23.7. The minimum Gasteiger partial charge on any atom is -0.491 e. The highest BCUT2D eigenvalue weighted by Gasteiger charge is 2.49. The molecule has 0 aromatic heterocycles. The lowest BCUT2D eigenvalue weighted by atomic mass is 9.89. The molecule has 2 heterocycles. The van der Waals surface area contributed by atoms with Crippen LogP contribution >= 0.6 is 11.8 Å². The van der Waals surface area contributed by atoms with Crippen LogP contribution in [-0.2, 0) is 34.8 Å². The van der Waals surface area contributed by atoms with E-state index >= 15 is 0 Å². The van der Waals surface area contributed by atoms with Gasteiger partial charge in [0.2, 0.25) is 0 Å². The number of rotatable bonds is 24. The monoisotopic (exact) mass is 771 g/mol. The van der Waals surface area contributed by atoms with Crippen LogP contribution in [0.25, 0.3) is 0 Å². The summed E-state index contributed by atoms with van der Waals surface area (Å²) in [6, 6.07) is 6.41. The molecule has 3 aliphatic rings. The molecule has 304 valence electrons. The molecule has 1 fully saturated rings. The number of hydrogen-bond acceptors (Lipinski definition) is 9. The highest BCUT2D eigenvalue weighted by Crippen LogP contribution is 2.44. The van der Waals surface area contributed by atoms with Crippen LogP contribution < -0.4 is 10.1 Å². The lowest BCUT2D eigenvalue weighted by molar-refractivity contribution is -0.268. The first-order chi connectivity index (χ1) is 26.2. The fourth-order valence-corrected chi connectivity index (χ4v) is 8.03. The highest BCUT2D eigenvalue weighted by molar-refractivity contribution is 8.04. The molecule has 4 rings (SSSR count). The van der Waals surface area contributed by atoms with Gasteiger partial charge in [-0.15, -0.1) is 11.8 Å². The third kappa shape index (κ3) is 14.3. The number of ether oxygens (including phenoxy) is 7. The molecule has 2 unspecified atom stereocenters. The van der Waals surface area contributed by atoms with Crippen LogP contribution in [0.2, 0.25) is 0 Å². The zero-order valence-corrected chi connectivity index (χ0v) is 35.0. The maximum absolute atomic E-state index is 12.4. The van der Waals surface area contributed by atoms with E-state index in [1.54, 1.807) is 0 Å². The van der Waals surface area contributed by atoms with Crippen molar-refractivity contribution in [2.75, 3.05) is 46.2 Å². The van der Waals surface area contributed by atoms with E-state index in [1.165, 1.54) is 10.5 Å². The first-order valence-electron chi connectivity index (χ1n) is 20.7. The second-order valence-electron chi connectivity index (χ2n) is 15.5. The molecule has 1 amide bonds. The summed E-state index contributed by atoms with van der Waals surface area (Å²) in [5, 5.41) is 3.27. The Morgan fingerprint density at radius 3 is 2.13 bits per heavy atom. The predicted octanol–water partition coefficient (Wildman–Crippen LogP) is 9.69. The van der Waals surface area contributed by atoms with E-state index in [4.69, 9.17) is 33.2 Å². The molecule has 10 heteroatoms. The Bertz CT molecular complexity index is 1340. The largest absolute Gasteiger partial charge is 0.491 e. The number of carbonyl (C=O) groups excluding carboxylic acids is 1. The number of allylic oxidation sites excluding steroid dienone is 5. The molecule has 9 nitrogen and oxygen atoms in total. The molecular formula is C44H69NO8S. The number of benzene rings is 1. The van der Waals surface area contributed by atoms with Crippen molar-refractivity contribution < 1.29 is 38.0 Å². The fourth-order valence-electron chi connectivity index (χ4n) is 6.70. The van der Waals surface area contributed by atoms with Gasteiger partial charge in [0.15, 0.2) is 0 Å². The number of amides is 1. The van der Waals surface area contributed by atoms with Crippen molar-refractivity contribution in [3.8, 4) is 5.75 Å².